The summed E-state index contributed by atoms with van der Waals surface area (Å²) in [4.78, 5) is 15.1. The smallest absolute Gasteiger partial charge is 0.258 e. The number of nitrogens with zero attached hydrogens (tertiary/aromatic N) is 3. The third-order valence-corrected chi connectivity index (χ3v) is 4.72. The standard InChI is InChI=1S/C19H20N4O3/c1-12-9-17(26-22-12)16-7-4-8-23(16)19(24)15-11-20-21-18(15)13-5-3-6-14(10-13)25-2/h3,5-6,9-11,16H,4,7-8H2,1-2H3,(H,20,21). The van der Waals surface area contributed by atoms with Gasteiger partial charge in [0.05, 0.1) is 36.3 Å². The molecule has 4 rings (SSSR count). The first-order chi connectivity index (χ1) is 12.7. The summed E-state index contributed by atoms with van der Waals surface area (Å²) in [5, 5.41) is 11.0. The predicted octanol–water partition coefficient (Wildman–Crippen LogP) is 3.36. The number of H-pyrrole nitrogens is 1. The van der Waals surface area contributed by atoms with Crippen LogP contribution in [-0.4, -0.2) is 39.8 Å². The van der Waals surface area contributed by atoms with E-state index in [-0.39, 0.29) is 11.9 Å². The van der Waals surface area contributed by atoms with Gasteiger partial charge in [0.25, 0.3) is 5.91 Å². The Balaban J connectivity index is 1.66. The maximum Gasteiger partial charge on any atom is 0.258 e. The highest BCUT2D eigenvalue weighted by molar-refractivity contribution is 6.00. The highest BCUT2D eigenvalue weighted by Gasteiger charge is 2.34. The lowest BCUT2D eigenvalue weighted by Crippen LogP contribution is -2.30. The first-order valence-electron chi connectivity index (χ1n) is 8.59. The number of carbonyl (C=O) groups is 1. The number of methoxy groups -OCH3 is 1. The zero-order valence-electron chi connectivity index (χ0n) is 14.7. The minimum Gasteiger partial charge on any atom is -0.497 e. The van der Waals surface area contributed by atoms with Gasteiger partial charge in [-0.3, -0.25) is 9.89 Å². The molecule has 1 aliphatic heterocycles. The normalized spacial score (nSPS) is 16.8. The molecule has 0 radical (unpaired) electrons. The Morgan fingerprint density at radius 1 is 1.38 bits per heavy atom. The van der Waals surface area contributed by atoms with Crippen molar-refractivity contribution >= 4 is 5.91 Å². The van der Waals surface area contributed by atoms with Gasteiger partial charge in [0.2, 0.25) is 0 Å². The van der Waals surface area contributed by atoms with E-state index in [2.05, 4.69) is 15.4 Å². The SMILES string of the molecule is COc1cccc(-c2[nH]ncc2C(=O)N2CCCC2c2cc(C)no2)c1. The maximum absolute atomic E-state index is 13.2. The summed E-state index contributed by atoms with van der Waals surface area (Å²) < 4.78 is 10.7. The highest BCUT2D eigenvalue weighted by Crippen LogP contribution is 2.35. The predicted molar refractivity (Wildman–Crippen MR) is 94.8 cm³/mol. The van der Waals surface area contributed by atoms with E-state index in [9.17, 15) is 4.79 Å². The minimum absolute atomic E-state index is 0.0619. The summed E-state index contributed by atoms with van der Waals surface area (Å²) in [6.45, 7) is 2.57. The number of aryl methyl sites for hydroxylation is 1. The molecule has 1 aromatic carbocycles. The number of aromatic amines is 1. The maximum atomic E-state index is 13.2. The van der Waals surface area contributed by atoms with Crippen LogP contribution in [0.1, 0.15) is 40.7 Å². The van der Waals surface area contributed by atoms with Crippen molar-refractivity contribution in [2.45, 2.75) is 25.8 Å². The first-order valence-corrected chi connectivity index (χ1v) is 8.59. The van der Waals surface area contributed by atoms with Crippen LogP contribution in [0, 0.1) is 6.92 Å². The van der Waals surface area contributed by atoms with E-state index >= 15 is 0 Å². The Labute approximate surface area is 150 Å². The molecule has 7 heteroatoms. The minimum atomic E-state index is -0.0863. The molecule has 1 atom stereocenters. The molecule has 1 amide bonds. The second-order valence-corrected chi connectivity index (χ2v) is 6.42. The molecule has 0 bridgehead atoms. The number of hydrogen-bond donors (Lipinski definition) is 1. The molecule has 3 aromatic rings. The fourth-order valence-corrected chi connectivity index (χ4v) is 3.45. The van der Waals surface area contributed by atoms with Crippen LogP contribution in [0.2, 0.25) is 0 Å². The molecule has 1 unspecified atom stereocenters. The van der Waals surface area contributed by atoms with Gasteiger partial charge in [-0.2, -0.15) is 5.10 Å². The fraction of sp³-hybridized carbons (Fsp3) is 0.316. The second-order valence-electron chi connectivity index (χ2n) is 6.42. The third-order valence-electron chi connectivity index (χ3n) is 4.72. The van der Waals surface area contributed by atoms with Gasteiger partial charge in [-0.15, -0.1) is 0 Å². The molecule has 0 aliphatic carbocycles. The van der Waals surface area contributed by atoms with Crippen molar-refractivity contribution in [1.29, 1.82) is 0 Å². The number of hydrogen-bond acceptors (Lipinski definition) is 5. The van der Waals surface area contributed by atoms with E-state index < -0.39 is 0 Å². The zero-order valence-corrected chi connectivity index (χ0v) is 14.7. The number of ether oxygens (including phenoxy) is 1. The van der Waals surface area contributed by atoms with Crippen molar-refractivity contribution in [3.63, 3.8) is 0 Å². The lowest BCUT2D eigenvalue weighted by Gasteiger charge is -2.22. The van der Waals surface area contributed by atoms with Crippen molar-refractivity contribution < 1.29 is 14.1 Å². The van der Waals surface area contributed by atoms with Crippen LogP contribution in [0.4, 0.5) is 0 Å². The van der Waals surface area contributed by atoms with Gasteiger partial charge in [0.15, 0.2) is 5.76 Å². The van der Waals surface area contributed by atoms with Crippen LogP contribution in [-0.2, 0) is 0 Å². The average molecular weight is 352 g/mol. The molecule has 26 heavy (non-hydrogen) atoms. The summed E-state index contributed by atoms with van der Waals surface area (Å²) in [5.41, 5.74) is 2.91. The van der Waals surface area contributed by atoms with Crippen LogP contribution in [0.3, 0.4) is 0 Å². The number of benzene rings is 1. The van der Waals surface area contributed by atoms with Crippen molar-refractivity contribution in [1.82, 2.24) is 20.3 Å². The van der Waals surface area contributed by atoms with E-state index in [4.69, 9.17) is 9.26 Å². The largest absolute Gasteiger partial charge is 0.497 e. The monoisotopic (exact) mass is 352 g/mol. The van der Waals surface area contributed by atoms with Crippen LogP contribution in [0.15, 0.2) is 41.1 Å². The number of likely N-dealkylation sites (tertiary alicyclic amines) is 1. The van der Waals surface area contributed by atoms with Crippen LogP contribution in [0.25, 0.3) is 11.3 Å². The van der Waals surface area contributed by atoms with Gasteiger partial charge in [0, 0.05) is 18.2 Å². The Kier molecular flexibility index (Phi) is 4.20. The molecular formula is C19H20N4O3. The molecule has 1 fully saturated rings. The quantitative estimate of drug-likeness (QED) is 0.778. The summed E-state index contributed by atoms with van der Waals surface area (Å²) in [5.74, 6) is 1.40. The van der Waals surface area contributed by atoms with E-state index in [0.29, 0.717) is 17.8 Å². The Hall–Kier alpha value is -3.09. The van der Waals surface area contributed by atoms with Crippen molar-refractivity contribution in [3.05, 3.63) is 53.5 Å². The molecule has 0 saturated carbocycles. The first kappa shape index (κ1) is 16.4. The van der Waals surface area contributed by atoms with Crippen molar-refractivity contribution in [2.75, 3.05) is 13.7 Å². The summed E-state index contributed by atoms with van der Waals surface area (Å²) in [6.07, 6.45) is 3.38. The number of amides is 1. The highest BCUT2D eigenvalue weighted by atomic mass is 16.5. The number of nitrogens with one attached hydrogen (secondary N) is 1. The van der Waals surface area contributed by atoms with Gasteiger partial charge < -0.3 is 14.2 Å². The Bertz CT molecular complexity index is 930. The molecule has 3 heterocycles. The molecule has 2 aromatic heterocycles. The van der Waals surface area contributed by atoms with Crippen molar-refractivity contribution in [2.24, 2.45) is 0 Å². The van der Waals surface area contributed by atoms with Gasteiger partial charge in [-0.25, -0.2) is 0 Å². The van der Waals surface area contributed by atoms with Crippen LogP contribution in [0.5, 0.6) is 5.75 Å². The van der Waals surface area contributed by atoms with Crippen LogP contribution < -0.4 is 4.74 Å². The van der Waals surface area contributed by atoms with E-state index in [0.717, 1.165) is 35.6 Å². The number of aromatic nitrogens is 3. The summed E-state index contributed by atoms with van der Waals surface area (Å²) in [7, 11) is 1.62. The van der Waals surface area contributed by atoms with Crippen LogP contribution >= 0.6 is 0 Å². The molecule has 134 valence electrons. The van der Waals surface area contributed by atoms with Gasteiger partial charge in [-0.1, -0.05) is 17.3 Å². The summed E-state index contributed by atoms with van der Waals surface area (Å²) in [6, 6.07) is 9.37. The Morgan fingerprint density at radius 3 is 3.04 bits per heavy atom. The van der Waals surface area contributed by atoms with E-state index in [1.165, 1.54) is 0 Å². The molecular weight excluding hydrogens is 332 g/mol. The average Bonchev–Trinajstić information content (AvgIpc) is 3.40. The Morgan fingerprint density at radius 2 is 2.27 bits per heavy atom. The molecule has 7 nitrogen and oxygen atoms in total. The number of carbonyl (C=O) groups excluding carboxylic acids is 1. The van der Waals surface area contributed by atoms with Gasteiger partial charge in [-0.05, 0) is 31.9 Å². The van der Waals surface area contributed by atoms with Gasteiger partial charge >= 0.3 is 0 Å². The lowest BCUT2D eigenvalue weighted by atomic mass is 10.1. The second kappa shape index (κ2) is 6.67. The fourth-order valence-electron chi connectivity index (χ4n) is 3.45. The zero-order chi connectivity index (χ0) is 18.1. The molecule has 0 spiro atoms. The number of rotatable bonds is 4. The summed E-state index contributed by atoms with van der Waals surface area (Å²) >= 11 is 0. The van der Waals surface area contributed by atoms with E-state index in [1.807, 2.05) is 42.2 Å². The lowest BCUT2D eigenvalue weighted by molar-refractivity contribution is 0.0715. The van der Waals surface area contributed by atoms with E-state index in [1.54, 1.807) is 13.3 Å². The van der Waals surface area contributed by atoms with Gasteiger partial charge in [0.1, 0.15) is 5.75 Å². The van der Waals surface area contributed by atoms with Crippen molar-refractivity contribution in [3.8, 4) is 17.0 Å². The third kappa shape index (κ3) is 2.85. The molecule has 1 saturated heterocycles. The molecule has 1 N–H and O–H groups in total. The topological polar surface area (TPSA) is 84.2 Å². The molecule has 1 aliphatic rings.